The summed E-state index contributed by atoms with van der Waals surface area (Å²) in [5.74, 6) is 0.332. The first kappa shape index (κ1) is 26.8. The summed E-state index contributed by atoms with van der Waals surface area (Å²) in [6, 6.07) is 8.68. The molecule has 1 aliphatic rings. The Morgan fingerprint density at radius 2 is 1.95 bits per heavy atom. The predicted octanol–water partition coefficient (Wildman–Crippen LogP) is 4.70. The van der Waals surface area contributed by atoms with Crippen LogP contribution in [0.3, 0.4) is 0 Å². The van der Waals surface area contributed by atoms with Crippen molar-refractivity contribution in [2.24, 2.45) is 0 Å². The summed E-state index contributed by atoms with van der Waals surface area (Å²) in [5, 5.41) is 19.8. The molecule has 1 aromatic carbocycles. The standard InChI is InChI=1S/C27H30F3N7O2/c1-16-25(21(35-34-16)13-27(28,29)30)26-19(17(2)38)7-9-23(33-26)37-15-31-20-12-18(6-8-22(20)37)32-24(39)14-36-10-4-3-5-11-36/h6-9,12,15,17,38H,3-5,10-11,13-14H2,1-2H3,(H,32,39)(H,34,35). The Morgan fingerprint density at radius 1 is 1.18 bits per heavy atom. The van der Waals surface area contributed by atoms with Crippen LogP contribution >= 0.6 is 0 Å². The number of amides is 1. The Morgan fingerprint density at radius 3 is 2.67 bits per heavy atom. The topological polar surface area (TPSA) is 112 Å². The number of H-pyrrole nitrogens is 1. The van der Waals surface area contributed by atoms with E-state index >= 15 is 0 Å². The first-order chi connectivity index (χ1) is 18.6. The van der Waals surface area contributed by atoms with Gasteiger partial charge < -0.3 is 10.4 Å². The normalized spacial score (nSPS) is 15.5. The van der Waals surface area contributed by atoms with Crippen LogP contribution in [0.1, 0.15) is 49.2 Å². The average Bonchev–Trinajstić information content (AvgIpc) is 3.45. The molecule has 4 heterocycles. The van der Waals surface area contributed by atoms with Crippen LogP contribution in [-0.2, 0) is 11.2 Å². The summed E-state index contributed by atoms with van der Waals surface area (Å²) in [5.41, 5.74) is 2.99. The largest absolute Gasteiger partial charge is 0.394 e. The van der Waals surface area contributed by atoms with Crippen molar-refractivity contribution >= 4 is 22.6 Å². The molecule has 4 aromatic rings. The van der Waals surface area contributed by atoms with Crippen LogP contribution < -0.4 is 5.32 Å². The van der Waals surface area contributed by atoms with Crippen molar-refractivity contribution in [2.75, 3.05) is 25.0 Å². The second kappa shape index (κ2) is 10.8. The molecule has 0 spiro atoms. The molecule has 206 valence electrons. The molecule has 1 amide bonds. The highest BCUT2D eigenvalue weighted by Crippen LogP contribution is 2.35. The minimum Gasteiger partial charge on any atom is -0.389 e. The number of pyridine rings is 1. The number of hydrogen-bond acceptors (Lipinski definition) is 6. The van der Waals surface area contributed by atoms with Crippen LogP contribution in [-0.4, -0.2) is 66.5 Å². The van der Waals surface area contributed by atoms with E-state index in [2.05, 4.69) is 30.4 Å². The number of carbonyl (C=O) groups is 1. The number of imidazole rings is 1. The van der Waals surface area contributed by atoms with Gasteiger partial charge in [-0.1, -0.05) is 12.5 Å². The molecule has 39 heavy (non-hydrogen) atoms. The maximum Gasteiger partial charge on any atom is 0.394 e. The zero-order valence-electron chi connectivity index (χ0n) is 21.7. The Labute approximate surface area is 223 Å². The molecule has 0 bridgehead atoms. The number of piperidine rings is 1. The highest BCUT2D eigenvalue weighted by atomic mass is 19.4. The van der Waals surface area contributed by atoms with E-state index in [1.165, 1.54) is 13.3 Å². The number of aryl methyl sites for hydroxylation is 1. The summed E-state index contributed by atoms with van der Waals surface area (Å²) in [6.07, 6.45) is -1.64. The Bertz CT molecular complexity index is 1490. The molecule has 1 fully saturated rings. The van der Waals surface area contributed by atoms with Gasteiger partial charge in [0.15, 0.2) is 0 Å². The van der Waals surface area contributed by atoms with Crippen molar-refractivity contribution in [3.8, 4) is 17.1 Å². The van der Waals surface area contributed by atoms with Crippen LogP contribution in [0.25, 0.3) is 28.1 Å². The van der Waals surface area contributed by atoms with Gasteiger partial charge in [0.2, 0.25) is 5.91 Å². The van der Waals surface area contributed by atoms with Gasteiger partial charge in [-0.05, 0) is 64.0 Å². The fourth-order valence-corrected chi connectivity index (χ4v) is 5.05. The molecule has 1 atom stereocenters. The molecule has 0 radical (unpaired) electrons. The van der Waals surface area contributed by atoms with Crippen molar-refractivity contribution in [3.05, 3.63) is 53.6 Å². The number of likely N-dealkylation sites (tertiary alicyclic amines) is 1. The summed E-state index contributed by atoms with van der Waals surface area (Å²) in [4.78, 5) is 23.8. The number of fused-ring (bicyclic) bond motifs is 1. The van der Waals surface area contributed by atoms with E-state index in [1.807, 2.05) is 0 Å². The molecule has 9 nitrogen and oxygen atoms in total. The number of benzene rings is 1. The second-order valence-electron chi connectivity index (χ2n) is 9.94. The van der Waals surface area contributed by atoms with Crippen LogP contribution in [0.4, 0.5) is 18.9 Å². The Kier molecular flexibility index (Phi) is 7.41. The molecular formula is C27H30F3N7O2. The van der Waals surface area contributed by atoms with E-state index < -0.39 is 18.7 Å². The number of anilines is 1. The van der Waals surface area contributed by atoms with E-state index in [4.69, 9.17) is 0 Å². The monoisotopic (exact) mass is 541 g/mol. The Balaban J connectivity index is 1.46. The highest BCUT2D eigenvalue weighted by molar-refractivity contribution is 5.94. The third-order valence-corrected chi connectivity index (χ3v) is 6.89. The smallest absolute Gasteiger partial charge is 0.389 e. The molecule has 5 rings (SSSR count). The summed E-state index contributed by atoms with van der Waals surface area (Å²) in [6.45, 7) is 5.33. The van der Waals surface area contributed by atoms with Crippen molar-refractivity contribution < 1.29 is 23.1 Å². The molecule has 3 aromatic heterocycles. The van der Waals surface area contributed by atoms with E-state index in [9.17, 15) is 23.1 Å². The van der Waals surface area contributed by atoms with Crippen LogP contribution in [0.15, 0.2) is 36.7 Å². The number of nitrogens with zero attached hydrogens (tertiary/aromatic N) is 5. The number of aliphatic hydroxyl groups excluding tert-OH is 1. The number of aromatic nitrogens is 5. The third-order valence-electron chi connectivity index (χ3n) is 6.89. The number of carbonyl (C=O) groups excluding carboxylic acids is 1. The number of alkyl halides is 3. The van der Waals surface area contributed by atoms with Gasteiger partial charge in [-0.3, -0.25) is 19.4 Å². The zero-order chi connectivity index (χ0) is 27.7. The molecule has 0 saturated carbocycles. The molecule has 1 unspecified atom stereocenters. The average molecular weight is 542 g/mol. The molecule has 1 saturated heterocycles. The first-order valence-corrected chi connectivity index (χ1v) is 12.9. The van der Waals surface area contributed by atoms with Gasteiger partial charge in [0.25, 0.3) is 0 Å². The summed E-state index contributed by atoms with van der Waals surface area (Å²) < 4.78 is 41.5. The highest BCUT2D eigenvalue weighted by Gasteiger charge is 2.32. The molecular weight excluding hydrogens is 511 g/mol. The number of aliphatic hydroxyl groups is 1. The number of halogens is 3. The maximum absolute atomic E-state index is 13.3. The molecule has 1 aliphatic heterocycles. The third kappa shape index (κ3) is 5.96. The number of hydrogen-bond donors (Lipinski definition) is 3. The lowest BCUT2D eigenvalue weighted by Gasteiger charge is -2.25. The fraction of sp³-hybridized carbons (Fsp3) is 0.407. The van der Waals surface area contributed by atoms with Crippen LogP contribution in [0.2, 0.25) is 0 Å². The zero-order valence-corrected chi connectivity index (χ0v) is 21.7. The number of nitrogens with one attached hydrogen (secondary N) is 2. The summed E-state index contributed by atoms with van der Waals surface area (Å²) in [7, 11) is 0. The lowest BCUT2D eigenvalue weighted by atomic mass is 9.99. The maximum atomic E-state index is 13.3. The van der Waals surface area contributed by atoms with Crippen molar-refractivity contribution in [1.82, 2.24) is 29.6 Å². The minimum absolute atomic E-state index is 0.0825. The predicted molar refractivity (Wildman–Crippen MR) is 140 cm³/mol. The van der Waals surface area contributed by atoms with Crippen molar-refractivity contribution in [1.29, 1.82) is 0 Å². The van der Waals surface area contributed by atoms with Crippen molar-refractivity contribution in [2.45, 2.75) is 51.8 Å². The van der Waals surface area contributed by atoms with Crippen LogP contribution in [0, 0.1) is 6.92 Å². The van der Waals surface area contributed by atoms with Gasteiger partial charge >= 0.3 is 6.18 Å². The fourth-order valence-electron chi connectivity index (χ4n) is 5.05. The van der Waals surface area contributed by atoms with Gasteiger partial charge in [0.1, 0.15) is 12.1 Å². The van der Waals surface area contributed by atoms with Gasteiger partial charge in [0, 0.05) is 16.8 Å². The lowest BCUT2D eigenvalue weighted by Crippen LogP contribution is -2.36. The molecule has 0 aliphatic carbocycles. The first-order valence-electron chi connectivity index (χ1n) is 12.9. The second-order valence-corrected chi connectivity index (χ2v) is 9.94. The Hall–Kier alpha value is -3.77. The van der Waals surface area contributed by atoms with Gasteiger partial charge in [-0.15, -0.1) is 0 Å². The molecule has 12 heteroatoms. The lowest BCUT2D eigenvalue weighted by molar-refractivity contribution is -0.127. The van der Waals surface area contributed by atoms with E-state index in [1.54, 1.807) is 48.1 Å². The summed E-state index contributed by atoms with van der Waals surface area (Å²) >= 11 is 0. The number of aromatic amines is 1. The van der Waals surface area contributed by atoms with Crippen LogP contribution in [0.5, 0.6) is 0 Å². The quantitative estimate of drug-likeness (QED) is 0.313. The van der Waals surface area contributed by atoms with Crippen molar-refractivity contribution in [3.63, 3.8) is 0 Å². The van der Waals surface area contributed by atoms with Gasteiger partial charge in [0.05, 0.1) is 47.2 Å². The van der Waals surface area contributed by atoms with Gasteiger partial charge in [-0.2, -0.15) is 18.3 Å². The SMILES string of the molecule is Cc1n[nH]c(CC(F)(F)F)c1-c1nc(-n2cnc3cc(NC(=O)CN4CCCCC4)ccc32)ccc1C(C)O. The minimum atomic E-state index is -4.45. The molecule has 3 N–H and O–H groups in total. The van der Waals surface area contributed by atoms with E-state index in [0.717, 1.165) is 25.9 Å². The number of rotatable bonds is 7. The van der Waals surface area contributed by atoms with E-state index in [-0.39, 0.29) is 22.9 Å². The van der Waals surface area contributed by atoms with Gasteiger partial charge in [-0.25, -0.2) is 9.97 Å². The van der Waals surface area contributed by atoms with E-state index in [0.29, 0.717) is 40.3 Å².